The number of hydrogen-bond donors (Lipinski definition) is 1. The van der Waals surface area contributed by atoms with Gasteiger partial charge in [0, 0.05) is 19.1 Å². The molecule has 0 spiro atoms. The second-order valence-electron chi connectivity index (χ2n) is 7.07. The lowest BCUT2D eigenvalue weighted by Crippen LogP contribution is -2.45. The third-order valence-corrected chi connectivity index (χ3v) is 6.72. The molecule has 20 heavy (non-hydrogen) atoms. The van der Waals surface area contributed by atoms with E-state index in [2.05, 4.69) is 19.3 Å². The molecule has 1 aliphatic heterocycles. The van der Waals surface area contributed by atoms with Gasteiger partial charge in [-0.1, -0.05) is 19.8 Å². The first-order valence-electron chi connectivity index (χ1n) is 7.97. The van der Waals surface area contributed by atoms with Crippen molar-refractivity contribution in [3.63, 3.8) is 0 Å². The fourth-order valence-corrected chi connectivity index (χ4v) is 5.08. The van der Waals surface area contributed by atoms with E-state index in [4.69, 9.17) is 0 Å². The highest BCUT2D eigenvalue weighted by Gasteiger charge is 2.38. The van der Waals surface area contributed by atoms with Crippen LogP contribution in [0.15, 0.2) is 0 Å². The van der Waals surface area contributed by atoms with Gasteiger partial charge >= 0.3 is 0 Å². The van der Waals surface area contributed by atoms with Crippen LogP contribution in [0.1, 0.15) is 51.9 Å². The minimum absolute atomic E-state index is 0.405. The molecule has 0 aromatic rings. The summed E-state index contributed by atoms with van der Waals surface area (Å²) in [4.78, 5) is 0. The molecule has 2 unspecified atom stereocenters. The summed E-state index contributed by atoms with van der Waals surface area (Å²) in [5.41, 5.74) is 0.405. The van der Waals surface area contributed by atoms with Gasteiger partial charge in [-0.15, -0.1) is 0 Å². The summed E-state index contributed by atoms with van der Waals surface area (Å²) in [7, 11) is -0.962. The third-order valence-electron chi connectivity index (χ3n) is 5.46. The fourth-order valence-electron chi connectivity index (χ4n) is 4.14. The van der Waals surface area contributed by atoms with E-state index in [1.807, 2.05) is 0 Å². The number of nitrogens with zero attached hydrogens (tertiary/aromatic N) is 1. The highest BCUT2D eigenvalue weighted by molar-refractivity contribution is 7.88. The number of rotatable bonds is 5. The van der Waals surface area contributed by atoms with Gasteiger partial charge in [-0.05, 0) is 50.5 Å². The van der Waals surface area contributed by atoms with E-state index in [9.17, 15) is 8.42 Å². The predicted octanol–water partition coefficient (Wildman–Crippen LogP) is 2.22. The van der Waals surface area contributed by atoms with Crippen molar-refractivity contribution in [2.45, 2.75) is 57.9 Å². The van der Waals surface area contributed by atoms with Gasteiger partial charge in [0.25, 0.3) is 0 Å². The second kappa shape index (κ2) is 6.32. The van der Waals surface area contributed by atoms with Gasteiger partial charge in [0.05, 0.1) is 6.26 Å². The molecule has 5 heteroatoms. The molecule has 2 rings (SSSR count). The molecular formula is C15H30N2O2S. The Morgan fingerprint density at radius 1 is 1.30 bits per heavy atom. The monoisotopic (exact) mass is 302 g/mol. The summed E-state index contributed by atoms with van der Waals surface area (Å²) >= 11 is 0. The van der Waals surface area contributed by atoms with Gasteiger partial charge in [0.1, 0.15) is 0 Å². The lowest BCUT2D eigenvalue weighted by Gasteiger charge is -2.39. The predicted molar refractivity (Wildman–Crippen MR) is 83.2 cm³/mol. The standard InChI is InChI=1S/C15H30N2O2S/c1-15(8-4-5-9-15)14(16-2)11-13-7-6-10-17(12-13)20(3,18)19/h13-14,16H,4-12H2,1-3H3. The Kier molecular flexibility index (Phi) is 5.14. The van der Waals surface area contributed by atoms with Crippen molar-refractivity contribution in [1.29, 1.82) is 0 Å². The molecule has 0 aromatic heterocycles. The first-order chi connectivity index (χ1) is 9.35. The van der Waals surface area contributed by atoms with Crippen LogP contribution < -0.4 is 5.32 Å². The van der Waals surface area contributed by atoms with Gasteiger partial charge in [-0.3, -0.25) is 0 Å². The smallest absolute Gasteiger partial charge is 0.211 e. The number of hydrogen-bond acceptors (Lipinski definition) is 3. The van der Waals surface area contributed by atoms with Crippen molar-refractivity contribution >= 4 is 10.0 Å². The van der Waals surface area contributed by atoms with E-state index in [0.717, 1.165) is 12.8 Å². The molecule has 1 saturated carbocycles. The van der Waals surface area contributed by atoms with Crippen LogP contribution in [0.3, 0.4) is 0 Å². The first kappa shape index (κ1) is 16.2. The zero-order valence-corrected chi connectivity index (χ0v) is 14.0. The zero-order chi connectivity index (χ0) is 14.8. The molecular weight excluding hydrogens is 272 g/mol. The maximum absolute atomic E-state index is 11.7. The topological polar surface area (TPSA) is 49.4 Å². The minimum atomic E-state index is -3.02. The summed E-state index contributed by atoms with van der Waals surface area (Å²) in [6.45, 7) is 3.82. The van der Waals surface area contributed by atoms with E-state index >= 15 is 0 Å². The average molecular weight is 302 g/mol. The van der Waals surface area contributed by atoms with E-state index in [-0.39, 0.29) is 0 Å². The van der Waals surface area contributed by atoms with Gasteiger partial charge in [-0.2, -0.15) is 0 Å². The number of sulfonamides is 1. The lowest BCUT2D eigenvalue weighted by atomic mass is 9.75. The molecule has 118 valence electrons. The number of piperidine rings is 1. The molecule has 1 N–H and O–H groups in total. The summed E-state index contributed by atoms with van der Waals surface area (Å²) in [6, 6.07) is 0.523. The Balaban J connectivity index is 1.97. The maximum atomic E-state index is 11.7. The van der Waals surface area contributed by atoms with Crippen molar-refractivity contribution in [3.8, 4) is 0 Å². The molecule has 2 atom stereocenters. The highest BCUT2D eigenvalue weighted by atomic mass is 32.2. The van der Waals surface area contributed by atoms with Crippen LogP contribution in [0.4, 0.5) is 0 Å². The summed E-state index contributed by atoms with van der Waals surface area (Å²) in [6.07, 6.45) is 9.92. The second-order valence-corrected chi connectivity index (χ2v) is 9.05. The molecule has 0 amide bonds. The van der Waals surface area contributed by atoms with Crippen molar-refractivity contribution in [1.82, 2.24) is 9.62 Å². The quantitative estimate of drug-likeness (QED) is 0.847. The normalized spacial score (nSPS) is 29.4. The molecule has 4 nitrogen and oxygen atoms in total. The van der Waals surface area contributed by atoms with E-state index in [1.54, 1.807) is 4.31 Å². The molecule has 1 heterocycles. The van der Waals surface area contributed by atoms with Crippen molar-refractivity contribution in [3.05, 3.63) is 0 Å². The van der Waals surface area contributed by atoms with Gasteiger partial charge < -0.3 is 5.32 Å². The highest BCUT2D eigenvalue weighted by Crippen LogP contribution is 2.43. The van der Waals surface area contributed by atoms with Crippen molar-refractivity contribution in [2.75, 3.05) is 26.4 Å². The van der Waals surface area contributed by atoms with Crippen LogP contribution in [-0.2, 0) is 10.0 Å². The Morgan fingerprint density at radius 3 is 2.50 bits per heavy atom. The van der Waals surface area contributed by atoms with E-state index < -0.39 is 10.0 Å². The van der Waals surface area contributed by atoms with Crippen LogP contribution >= 0.6 is 0 Å². The fraction of sp³-hybridized carbons (Fsp3) is 1.00. The molecule has 1 saturated heterocycles. The van der Waals surface area contributed by atoms with Crippen LogP contribution in [0.25, 0.3) is 0 Å². The van der Waals surface area contributed by atoms with E-state index in [1.165, 1.54) is 38.4 Å². The molecule has 0 bridgehead atoms. The van der Waals surface area contributed by atoms with Crippen LogP contribution in [0.5, 0.6) is 0 Å². The molecule has 2 aliphatic rings. The average Bonchev–Trinajstić information content (AvgIpc) is 2.83. The minimum Gasteiger partial charge on any atom is -0.316 e. The lowest BCUT2D eigenvalue weighted by molar-refractivity contribution is 0.166. The van der Waals surface area contributed by atoms with Crippen molar-refractivity contribution in [2.24, 2.45) is 11.3 Å². The van der Waals surface area contributed by atoms with Gasteiger partial charge in [0.15, 0.2) is 0 Å². The summed E-state index contributed by atoms with van der Waals surface area (Å²) in [5, 5.41) is 3.52. The number of nitrogens with one attached hydrogen (secondary N) is 1. The summed E-state index contributed by atoms with van der Waals surface area (Å²) in [5.74, 6) is 0.508. The van der Waals surface area contributed by atoms with E-state index in [0.29, 0.717) is 30.5 Å². The summed E-state index contributed by atoms with van der Waals surface area (Å²) < 4.78 is 25.1. The zero-order valence-electron chi connectivity index (χ0n) is 13.2. The maximum Gasteiger partial charge on any atom is 0.211 e. The molecule has 1 aliphatic carbocycles. The first-order valence-corrected chi connectivity index (χ1v) is 9.82. The Morgan fingerprint density at radius 2 is 1.95 bits per heavy atom. The Bertz CT molecular complexity index is 416. The molecule has 2 fully saturated rings. The van der Waals surface area contributed by atoms with Crippen LogP contribution in [0, 0.1) is 11.3 Å². The van der Waals surface area contributed by atoms with Crippen LogP contribution in [-0.4, -0.2) is 45.2 Å². The Labute approximate surface area is 124 Å². The van der Waals surface area contributed by atoms with Gasteiger partial charge in [0.2, 0.25) is 10.0 Å². The van der Waals surface area contributed by atoms with Crippen molar-refractivity contribution < 1.29 is 8.42 Å². The Hall–Kier alpha value is -0.130. The van der Waals surface area contributed by atoms with Crippen LogP contribution in [0.2, 0.25) is 0 Å². The SMILES string of the molecule is CNC(CC1CCCN(S(C)(=O)=O)C1)C1(C)CCCC1. The molecule has 0 aromatic carbocycles. The van der Waals surface area contributed by atoms with Gasteiger partial charge in [-0.25, -0.2) is 12.7 Å². The third kappa shape index (κ3) is 3.74. The largest absolute Gasteiger partial charge is 0.316 e. The molecule has 0 radical (unpaired) electrons.